The molecule has 0 spiro atoms. The summed E-state index contributed by atoms with van der Waals surface area (Å²) in [5.41, 5.74) is 2.74. The van der Waals surface area contributed by atoms with Crippen LogP contribution < -0.4 is 14.8 Å². The number of rotatable bonds is 4. The van der Waals surface area contributed by atoms with Gasteiger partial charge in [-0.05, 0) is 54.0 Å². The summed E-state index contributed by atoms with van der Waals surface area (Å²) < 4.78 is 11.8. The molecule has 2 aromatic rings. The summed E-state index contributed by atoms with van der Waals surface area (Å²) in [6, 6.07) is 7.71. The highest BCUT2D eigenvalue weighted by Crippen LogP contribution is 2.36. The molecule has 1 N–H and O–H groups in total. The van der Waals surface area contributed by atoms with Crippen molar-refractivity contribution in [3.63, 3.8) is 0 Å². The van der Waals surface area contributed by atoms with Crippen molar-refractivity contribution in [2.45, 2.75) is 13.8 Å². The van der Waals surface area contributed by atoms with E-state index in [0.29, 0.717) is 0 Å². The predicted molar refractivity (Wildman–Crippen MR) is 84.2 cm³/mol. The molecule has 0 saturated heterocycles. The van der Waals surface area contributed by atoms with Crippen LogP contribution in [0.25, 0.3) is 0 Å². The van der Waals surface area contributed by atoms with Crippen LogP contribution in [-0.2, 0) is 0 Å². The van der Waals surface area contributed by atoms with Crippen molar-refractivity contribution in [3.8, 4) is 11.5 Å². The third-order valence-corrected chi connectivity index (χ3v) is 3.90. The molecule has 2 rings (SSSR count). The minimum atomic E-state index is 0.756. The van der Waals surface area contributed by atoms with Crippen molar-refractivity contribution >= 4 is 27.4 Å². The molecule has 0 atom stereocenters. The Morgan fingerprint density at radius 3 is 2.40 bits per heavy atom. The Kier molecular flexibility index (Phi) is 4.49. The Morgan fingerprint density at radius 2 is 1.80 bits per heavy atom. The van der Waals surface area contributed by atoms with Gasteiger partial charge in [0.25, 0.3) is 0 Å². The maximum absolute atomic E-state index is 5.47. The van der Waals surface area contributed by atoms with Gasteiger partial charge in [-0.25, -0.2) is 4.98 Å². The zero-order valence-corrected chi connectivity index (χ0v) is 13.5. The number of nitrogens with zero attached hydrogens (tertiary/aromatic N) is 1. The van der Waals surface area contributed by atoms with Crippen LogP contribution in [0.2, 0.25) is 0 Å². The SMILES string of the molecule is COc1ccc(Nc2ccc(Br)c(C)n2)c(OC)c1C. The van der Waals surface area contributed by atoms with Crippen LogP contribution >= 0.6 is 15.9 Å². The first-order chi connectivity index (χ1) is 9.56. The van der Waals surface area contributed by atoms with Gasteiger partial charge in [-0.15, -0.1) is 0 Å². The number of ether oxygens (including phenoxy) is 2. The van der Waals surface area contributed by atoms with Crippen molar-refractivity contribution in [3.05, 3.63) is 40.0 Å². The Labute approximate surface area is 127 Å². The van der Waals surface area contributed by atoms with Gasteiger partial charge >= 0.3 is 0 Å². The molecule has 106 valence electrons. The minimum Gasteiger partial charge on any atom is -0.496 e. The second kappa shape index (κ2) is 6.13. The molecule has 1 aromatic carbocycles. The highest BCUT2D eigenvalue weighted by molar-refractivity contribution is 9.10. The summed E-state index contributed by atoms with van der Waals surface area (Å²) in [7, 11) is 3.29. The Morgan fingerprint density at radius 1 is 1.05 bits per heavy atom. The van der Waals surface area contributed by atoms with E-state index in [0.717, 1.165) is 38.7 Å². The van der Waals surface area contributed by atoms with Gasteiger partial charge in [0.1, 0.15) is 17.3 Å². The quantitative estimate of drug-likeness (QED) is 0.907. The van der Waals surface area contributed by atoms with Crippen LogP contribution in [-0.4, -0.2) is 19.2 Å². The van der Waals surface area contributed by atoms with Crippen LogP contribution in [0.4, 0.5) is 11.5 Å². The van der Waals surface area contributed by atoms with Crippen LogP contribution in [0, 0.1) is 13.8 Å². The molecule has 0 aliphatic rings. The Hall–Kier alpha value is -1.75. The zero-order valence-electron chi connectivity index (χ0n) is 12.0. The van der Waals surface area contributed by atoms with Gasteiger partial charge in [0.15, 0.2) is 0 Å². The topological polar surface area (TPSA) is 43.4 Å². The third kappa shape index (κ3) is 2.88. The average Bonchev–Trinajstić information content (AvgIpc) is 2.43. The lowest BCUT2D eigenvalue weighted by Gasteiger charge is -2.15. The van der Waals surface area contributed by atoms with Crippen molar-refractivity contribution in [2.24, 2.45) is 0 Å². The molecule has 0 bridgehead atoms. The van der Waals surface area contributed by atoms with Gasteiger partial charge in [-0.3, -0.25) is 0 Å². The fraction of sp³-hybridized carbons (Fsp3) is 0.267. The zero-order chi connectivity index (χ0) is 14.7. The van der Waals surface area contributed by atoms with E-state index in [4.69, 9.17) is 9.47 Å². The number of anilines is 2. The van der Waals surface area contributed by atoms with Crippen molar-refractivity contribution in [1.82, 2.24) is 4.98 Å². The second-order valence-electron chi connectivity index (χ2n) is 4.36. The summed E-state index contributed by atoms with van der Waals surface area (Å²) in [6.07, 6.45) is 0. The molecule has 4 nitrogen and oxygen atoms in total. The number of benzene rings is 1. The summed E-state index contributed by atoms with van der Waals surface area (Å²) in [4.78, 5) is 4.47. The molecule has 0 aliphatic heterocycles. The number of pyridine rings is 1. The highest BCUT2D eigenvalue weighted by atomic mass is 79.9. The second-order valence-corrected chi connectivity index (χ2v) is 5.22. The fourth-order valence-corrected chi connectivity index (χ4v) is 2.23. The maximum atomic E-state index is 5.47. The van der Waals surface area contributed by atoms with E-state index in [1.807, 2.05) is 38.1 Å². The molecular weight excluding hydrogens is 320 g/mol. The first-order valence-corrected chi connectivity index (χ1v) is 6.98. The van der Waals surface area contributed by atoms with Gasteiger partial charge in [0.05, 0.1) is 25.6 Å². The Balaban J connectivity index is 2.38. The predicted octanol–water partition coefficient (Wildman–Crippen LogP) is 4.22. The van der Waals surface area contributed by atoms with E-state index in [2.05, 4.69) is 26.2 Å². The largest absolute Gasteiger partial charge is 0.496 e. The summed E-state index contributed by atoms with van der Waals surface area (Å²) in [5.74, 6) is 2.33. The monoisotopic (exact) mass is 336 g/mol. The molecule has 0 amide bonds. The van der Waals surface area contributed by atoms with E-state index in [1.165, 1.54) is 0 Å². The van der Waals surface area contributed by atoms with Crippen LogP contribution in [0.15, 0.2) is 28.7 Å². The molecule has 0 saturated carbocycles. The summed E-state index contributed by atoms with van der Waals surface area (Å²) >= 11 is 3.44. The highest BCUT2D eigenvalue weighted by Gasteiger charge is 2.12. The Bertz CT molecular complexity index is 630. The van der Waals surface area contributed by atoms with Gasteiger partial charge in [0, 0.05) is 10.0 Å². The molecule has 20 heavy (non-hydrogen) atoms. The number of aromatic nitrogens is 1. The summed E-state index contributed by atoms with van der Waals surface area (Å²) in [6.45, 7) is 3.91. The molecule has 0 radical (unpaired) electrons. The molecule has 0 aliphatic carbocycles. The van der Waals surface area contributed by atoms with E-state index >= 15 is 0 Å². The third-order valence-electron chi connectivity index (χ3n) is 3.06. The van der Waals surface area contributed by atoms with Crippen LogP contribution in [0.5, 0.6) is 11.5 Å². The van der Waals surface area contributed by atoms with Crippen LogP contribution in [0.3, 0.4) is 0 Å². The lowest BCUT2D eigenvalue weighted by Crippen LogP contribution is -2.00. The molecule has 1 aromatic heterocycles. The van der Waals surface area contributed by atoms with E-state index in [-0.39, 0.29) is 0 Å². The van der Waals surface area contributed by atoms with Gasteiger partial charge < -0.3 is 14.8 Å². The lowest BCUT2D eigenvalue weighted by molar-refractivity contribution is 0.390. The lowest BCUT2D eigenvalue weighted by atomic mass is 10.1. The van der Waals surface area contributed by atoms with E-state index < -0.39 is 0 Å². The first-order valence-electron chi connectivity index (χ1n) is 6.18. The maximum Gasteiger partial charge on any atom is 0.148 e. The van der Waals surface area contributed by atoms with Gasteiger partial charge in [-0.2, -0.15) is 0 Å². The van der Waals surface area contributed by atoms with Crippen molar-refractivity contribution in [1.29, 1.82) is 0 Å². The number of hydrogen-bond acceptors (Lipinski definition) is 4. The molecule has 0 fully saturated rings. The number of methoxy groups -OCH3 is 2. The van der Waals surface area contributed by atoms with Gasteiger partial charge in [0.2, 0.25) is 0 Å². The minimum absolute atomic E-state index is 0.756. The van der Waals surface area contributed by atoms with Crippen LogP contribution in [0.1, 0.15) is 11.3 Å². The average molecular weight is 337 g/mol. The smallest absolute Gasteiger partial charge is 0.148 e. The van der Waals surface area contributed by atoms with E-state index in [1.54, 1.807) is 14.2 Å². The number of hydrogen-bond donors (Lipinski definition) is 1. The number of aryl methyl sites for hydroxylation is 1. The van der Waals surface area contributed by atoms with Crippen molar-refractivity contribution in [2.75, 3.05) is 19.5 Å². The molecule has 5 heteroatoms. The normalized spacial score (nSPS) is 10.2. The van der Waals surface area contributed by atoms with Crippen molar-refractivity contribution < 1.29 is 9.47 Å². The number of halogens is 1. The standard InChI is InChI=1S/C15H17BrN2O2/c1-9-13(19-3)7-6-12(15(9)20-4)18-14-8-5-11(16)10(2)17-14/h5-8H,1-4H3,(H,17,18). The first kappa shape index (κ1) is 14.7. The number of nitrogens with one attached hydrogen (secondary N) is 1. The fourth-order valence-electron chi connectivity index (χ4n) is 2.01. The van der Waals surface area contributed by atoms with Gasteiger partial charge in [-0.1, -0.05) is 0 Å². The summed E-state index contributed by atoms with van der Waals surface area (Å²) in [5, 5.41) is 3.27. The molecule has 0 unspecified atom stereocenters. The molecular formula is C15H17BrN2O2. The molecule has 1 heterocycles. The van der Waals surface area contributed by atoms with E-state index in [9.17, 15) is 0 Å².